The zero-order valence-corrected chi connectivity index (χ0v) is 15.2. The molecule has 23 heavy (non-hydrogen) atoms. The number of nitrogens with two attached hydrogens (primary N) is 1. The van der Waals surface area contributed by atoms with E-state index in [9.17, 15) is 4.79 Å². The van der Waals surface area contributed by atoms with Crippen molar-refractivity contribution in [3.63, 3.8) is 0 Å². The molecule has 1 aliphatic rings. The average Bonchev–Trinajstić information content (AvgIpc) is 3.34. The number of amides is 1. The highest BCUT2D eigenvalue weighted by Crippen LogP contribution is 2.40. The molecule has 3 N–H and O–H groups in total. The van der Waals surface area contributed by atoms with E-state index in [2.05, 4.69) is 5.32 Å². The summed E-state index contributed by atoms with van der Waals surface area (Å²) in [5.74, 6) is 1.14. The van der Waals surface area contributed by atoms with E-state index in [1.165, 1.54) is 7.11 Å². The summed E-state index contributed by atoms with van der Waals surface area (Å²) >= 11 is 6.21. The smallest absolute Gasteiger partial charge is 0.251 e. The van der Waals surface area contributed by atoms with Crippen LogP contribution in [0.3, 0.4) is 0 Å². The van der Waals surface area contributed by atoms with Gasteiger partial charge in [-0.1, -0.05) is 11.6 Å². The molecule has 1 aromatic rings. The molecule has 0 spiro atoms. The fraction of sp³-hybridized carbons (Fsp3) is 0.562. The number of halogens is 2. The zero-order valence-electron chi connectivity index (χ0n) is 13.6. The minimum atomic E-state index is -0.380. The normalized spacial score (nSPS) is 16.0. The van der Waals surface area contributed by atoms with Crippen LogP contribution in [0.1, 0.15) is 37.0 Å². The molecule has 5 nitrogen and oxygen atoms in total. The Labute approximate surface area is 148 Å². The van der Waals surface area contributed by atoms with Gasteiger partial charge in [0.2, 0.25) is 0 Å². The van der Waals surface area contributed by atoms with Gasteiger partial charge in [-0.3, -0.25) is 4.79 Å². The fourth-order valence-electron chi connectivity index (χ4n) is 2.51. The first-order valence-electron chi connectivity index (χ1n) is 7.48. The van der Waals surface area contributed by atoms with Crippen LogP contribution < -0.4 is 20.5 Å². The molecule has 1 saturated carbocycles. The maximum Gasteiger partial charge on any atom is 0.251 e. The summed E-state index contributed by atoms with van der Waals surface area (Å²) in [5.41, 5.74) is 5.89. The van der Waals surface area contributed by atoms with Crippen LogP contribution in [0, 0.1) is 5.92 Å². The lowest BCUT2D eigenvalue weighted by molar-refractivity contribution is 0.0897. The number of hydrogen-bond donors (Lipinski definition) is 2. The maximum absolute atomic E-state index is 12.5. The number of benzene rings is 1. The molecule has 7 heteroatoms. The molecule has 0 heterocycles. The summed E-state index contributed by atoms with van der Waals surface area (Å²) in [5, 5.41) is 3.39. The quantitative estimate of drug-likeness (QED) is 0.781. The van der Waals surface area contributed by atoms with E-state index in [0.29, 0.717) is 41.2 Å². The van der Waals surface area contributed by atoms with Crippen molar-refractivity contribution in [2.45, 2.75) is 32.2 Å². The van der Waals surface area contributed by atoms with E-state index in [4.69, 9.17) is 26.8 Å². The average molecular weight is 363 g/mol. The number of hydrogen-bond acceptors (Lipinski definition) is 4. The number of methoxy groups -OCH3 is 1. The molecule has 0 bridgehead atoms. The van der Waals surface area contributed by atoms with E-state index in [1.807, 2.05) is 13.8 Å². The first kappa shape index (κ1) is 19.9. The SMILES string of the molecule is CCOc1c(Cl)cc(C(=O)NC(C)(CN)C2CC2)cc1OC.Cl. The van der Waals surface area contributed by atoms with Crippen LogP contribution in [0.5, 0.6) is 11.5 Å². The van der Waals surface area contributed by atoms with Crippen molar-refractivity contribution >= 4 is 29.9 Å². The van der Waals surface area contributed by atoms with Crippen molar-refractivity contribution in [2.75, 3.05) is 20.3 Å². The second-order valence-corrected chi connectivity index (χ2v) is 6.18. The molecule has 1 amide bonds. The van der Waals surface area contributed by atoms with Gasteiger partial charge in [0.1, 0.15) is 0 Å². The van der Waals surface area contributed by atoms with Crippen LogP contribution in [0.25, 0.3) is 0 Å². The molecular weight excluding hydrogens is 339 g/mol. The Morgan fingerprint density at radius 1 is 1.48 bits per heavy atom. The van der Waals surface area contributed by atoms with E-state index in [-0.39, 0.29) is 23.9 Å². The van der Waals surface area contributed by atoms with Gasteiger partial charge in [-0.25, -0.2) is 0 Å². The molecule has 130 valence electrons. The highest BCUT2D eigenvalue weighted by atomic mass is 35.5. The predicted molar refractivity (Wildman–Crippen MR) is 94.1 cm³/mol. The lowest BCUT2D eigenvalue weighted by atomic mass is 9.95. The summed E-state index contributed by atoms with van der Waals surface area (Å²) < 4.78 is 10.7. The van der Waals surface area contributed by atoms with Gasteiger partial charge in [0.15, 0.2) is 11.5 Å². The third-order valence-electron chi connectivity index (χ3n) is 4.08. The van der Waals surface area contributed by atoms with Gasteiger partial charge >= 0.3 is 0 Å². The Kier molecular flexibility index (Phi) is 6.99. The summed E-state index contributed by atoms with van der Waals surface area (Å²) in [7, 11) is 1.52. The minimum absolute atomic E-state index is 0. The van der Waals surface area contributed by atoms with Gasteiger partial charge in [-0.15, -0.1) is 12.4 Å². The lowest BCUT2D eigenvalue weighted by Gasteiger charge is -2.29. The predicted octanol–water partition coefficient (Wildman–Crippen LogP) is 3.03. The molecule has 1 atom stereocenters. The summed E-state index contributed by atoms with van der Waals surface area (Å²) in [6.45, 7) is 4.72. The first-order valence-corrected chi connectivity index (χ1v) is 7.86. The number of rotatable bonds is 7. The van der Waals surface area contributed by atoms with Gasteiger partial charge in [0.25, 0.3) is 5.91 Å². The van der Waals surface area contributed by atoms with E-state index in [1.54, 1.807) is 12.1 Å². The van der Waals surface area contributed by atoms with E-state index >= 15 is 0 Å². The van der Waals surface area contributed by atoms with Crippen molar-refractivity contribution in [3.8, 4) is 11.5 Å². The largest absolute Gasteiger partial charge is 0.493 e. The number of ether oxygens (including phenoxy) is 2. The summed E-state index contributed by atoms with van der Waals surface area (Å²) in [6, 6.07) is 3.23. The van der Waals surface area contributed by atoms with E-state index in [0.717, 1.165) is 12.8 Å². The Morgan fingerprint density at radius 2 is 2.13 bits per heavy atom. The second kappa shape index (κ2) is 8.08. The van der Waals surface area contributed by atoms with Gasteiger partial charge < -0.3 is 20.5 Å². The number of nitrogens with one attached hydrogen (secondary N) is 1. The van der Waals surface area contributed by atoms with E-state index < -0.39 is 0 Å². The molecule has 1 aromatic carbocycles. The van der Waals surface area contributed by atoms with Gasteiger partial charge in [0, 0.05) is 12.1 Å². The molecule has 0 aromatic heterocycles. The zero-order chi connectivity index (χ0) is 16.3. The van der Waals surface area contributed by atoms with Crippen molar-refractivity contribution < 1.29 is 14.3 Å². The third-order valence-corrected chi connectivity index (χ3v) is 4.36. The molecule has 0 saturated heterocycles. The molecular formula is C16H24Cl2N2O3. The van der Waals surface area contributed by atoms with Crippen molar-refractivity contribution in [2.24, 2.45) is 11.7 Å². The Hall–Kier alpha value is -1.17. The number of carbonyl (C=O) groups excluding carboxylic acids is 1. The summed E-state index contributed by atoms with van der Waals surface area (Å²) in [6.07, 6.45) is 2.20. The van der Waals surface area contributed by atoms with Gasteiger partial charge in [-0.05, 0) is 44.7 Å². The van der Waals surface area contributed by atoms with Crippen molar-refractivity contribution in [3.05, 3.63) is 22.7 Å². The van der Waals surface area contributed by atoms with Crippen LogP contribution in [0.2, 0.25) is 5.02 Å². The van der Waals surface area contributed by atoms with Crippen LogP contribution in [-0.4, -0.2) is 31.7 Å². The third kappa shape index (κ3) is 4.43. The van der Waals surface area contributed by atoms with Crippen LogP contribution in [0.15, 0.2) is 12.1 Å². The van der Waals surface area contributed by atoms with Gasteiger partial charge in [0.05, 0.1) is 24.3 Å². The molecule has 1 fully saturated rings. The van der Waals surface area contributed by atoms with Crippen LogP contribution in [-0.2, 0) is 0 Å². The topological polar surface area (TPSA) is 73.6 Å². The Morgan fingerprint density at radius 3 is 2.61 bits per heavy atom. The highest BCUT2D eigenvalue weighted by molar-refractivity contribution is 6.32. The fourth-order valence-corrected chi connectivity index (χ4v) is 2.77. The van der Waals surface area contributed by atoms with Crippen LogP contribution in [0.4, 0.5) is 0 Å². The number of carbonyl (C=O) groups is 1. The first-order chi connectivity index (χ1) is 10.4. The second-order valence-electron chi connectivity index (χ2n) is 5.77. The monoisotopic (exact) mass is 362 g/mol. The van der Waals surface area contributed by atoms with Crippen molar-refractivity contribution in [1.82, 2.24) is 5.32 Å². The molecule has 2 rings (SSSR count). The Balaban J connectivity index is 0.00000264. The molecule has 0 aliphatic heterocycles. The lowest BCUT2D eigenvalue weighted by Crippen LogP contribution is -2.53. The maximum atomic E-state index is 12.5. The minimum Gasteiger partial charge on any atom is -0.493 e. The molecule has 0 radical (unpaired) electrons. The Bertz CT molecular complexity index is 565. The van der Waals surface area contributed by atoms with Crippen LogP contribution >= 0.6 is 24.0 Å². The van der Waals surface area contributed by atoms with Gasteiger partial charge in [-0.2, -0.15) is 0 Å². The standard InChI is InChI=1S/C16H23ClN2O3.ClH/c1-4-22-14-12(17)7-10(8-13(14)21-3)15(20)19-16(2,9-18)11-5-6-11;/h7-8,11H,4-6,9,18H2,1-3H3,(H,19,20);1H. The molecule has 1 aliphatic carbocycles. The highest BCUT2D eigenvalue weighted by Gasteiger charge is 2.41. The molecule has 1 unspecified atom stereocenters. The summed E-state index contributed by atoms with van der Waals surface area (Å²) in [4.78, 5) is 12.5. The van der Waals surface area contributed by atoms with Crippen molar-refractivity contribution in [1.29, 1.82) is 0 Å².